The van der Waals surface area contributed by atoms with Crippen LogP contribution in [0.4, 0.5) is 0 Å². The van der Waals surface area contributed by atoms with E-state index in [0.29, 0.717) is 22.3 Å². The van der Waals surface area contributed by atoms with Crippen molar-refractivity contribution < 1.29 is 9.84 Å². The van der Waals surface area contributed by atoms with Crippen molar-refractivity contribution in [3.8, 4) is 11.5 Å². The SMILES string of the molecule is COc1cccc(CNCCc2ccc(Cl)cc2Cl)c1O. The second kappa shape index (κ2) is 7.55. The summed E-state index contributed by atoms with van der Waals surface area (Å²) in [6.45, 7) is 1.31. The van der Waals surface area contributed by atoms with Crippen molar-refractivity contribution in [1.82, 2.24) is 5.32 Å². The Bertz CT molecular complexity index is 617. The predicted octanol–water partition coefficient (Wildman–Crippen LogP) is 4.04. The van der Waals surface area contributed by atoms with E-state index in [1.165, 1.54) is 7.11 Å². The molecule has 2 aromatic carbocycles. The Balaban J connectivity index is 1.87. The lowest BCUT2D eigenvalue weighted by molar-refractivity contribution is 0.369. The third-order valence-corrected chi connectivity index (χ3v) is 3.79. The summed E-state index contributed by atoms with van der Waals surface area (Å²) in [5.74, 6) is 0.659. The van der Waals surface area contributed by atoms with Crippen molar-refractivity contribution in [3.63, 3.8) is 0 Å². The van der Waals surface area contributed by atoms with Crippen LogP contribution in [0.1, 0.15) is 11.1 Å². The van der Waals surface area contributed by atoms with Gasteiger partial charge in [-0.15, -0.1) is 0 Å². The predicted molar refractivity (Wildman–Crippen MR) is 86.5 cm³/mol. The molecule has 0 saturated heterocycles. The Kier molecular flexibility index (Phi) is 5.74. The Morgan fingerprint density at radius 2 is 1.95 bits per heavy atom. The largest absolute Gasteiger partial charge is 0.504 e. The molecule has 0 radical (unpaired) electrons. The van der Waals surface area contributed by atoms with Crippen LogP contribution < -0.4 is 10.1 Å². The number of phenols is 1. The Morgan fingerprint density at radius 1 is 1.14 bits per heavy atom. The summed E-state index contributed by atoms with van der Waals surface area (Å²) in [5.41, 5.74) is 1.85. The Morgan fingerprint density at radius 3 is 2.67 bits per heavy atom. The molecule has 0 spiro atoms. The van der Waals surface area contributed by atoms with Gasteiger partial charge in [-0.2, -0.15) is 0 Å². The molecule has 5 heteroatoms. The minimum atomic E-state index is 0.178. The van der Waals surface area contributed by atoms with E-state index in [1.54, 1.807) is 12.1 Å². The molecule has 0 aliphatic carbocycles. The van der Waals surface area contributed by atoms with Crippen LogP contribution in [-0.4, -0.2) is 18.8 Å². The average Bonchev–Trinajstić information content (AvgIpc) is 2.47. The zero-order chi connectivity index (χ0) is 15.2. The fourth-order valence-electron chi connectivity index (χ4n) is 2.05. The zero-order valence-corrected chi connectivity index (χ0v) is 13.2. The summed E-state index contributed by atoms with van der Waals surface area (Å²) in [6.07, 6.45) is 0.792. The van der Waals surface area contributed by atoms with E-state index in [9.17, 15) is 5.11 Å². The molecule has 0 saturated carbocycles. The second-order valence-corrected chi connectivity index (χ2v) is 5.47. The van der Waals surface area contributed by atoms with Gasteiger partial charge in [0.05, 0.1) is 7.11 Å². The molecule has 0 atom stereocenters. The molecule has 0 amide bonds. The summed E-state index contributed by atoms with van der Waals surface area (Å²) in [4.78, 5) is 0. The van der Waals surface area contributed by atoms with Gasteiger partial charge in [-0.05, 0) is 36.7 Å². The van der Waals surface area contributed by atoms with Crippen molar-refractivity contribution in [1.29, 1.82) is 0 Å². The highest BCUT2D eigenvalue weighted by Crippen LogP contribution is 2.29. The summed E-state index contributed by atoms with van der Waals surface area (Å²) >= 11 is 12.0. The smallest absolute Gasteiger partial charge is 0.162 e. The normalized spacial score (nSPS) is 10.6. The maximum atomic E-state index is 9.98. The lowest BCUT2D eigenvalue weighted by Crippen LogP contribution is -2.17. The van der Waals surface area contributed by atoms with Crippen molar-refractivity contribution in [3.05, 3.63) is 57.6 Å². The molecule has 2 aromatic rings. The Hall–Kier alpha value is -1.42. The number of nitrogens with one attached hydrogen (secondary N) is 1. The summed E-state index contributed by atoms with van der Waals surface area (Å²) < 4.78 is 5.08. The van der Waals surface area contributed by atoms with Gasteiger partial charge in [0.15, 0.2) is 11.5 Å². The third-order valence-electron chi connectivity index (χ3n) is 3.20. The van der Waals surface area contributed by atoms with E-state index in [2.05, 4.69) is 5.32 Å². The molecular formula is C16H17Cl2NO2. The molecule has 0 aromatic heterocycles. The van der Waals surface area contributed by atoms with Gasteiger partial charge >= 0.3 is 0 Å². The van der Waals surface area contributed by atoms with Gasteiger partial charge in [-0.25, -0.2) is 0 Å². The highest BCUT2D eigenvalue weighted by Gasteiger charge is 2.07. The number of hydrogen-bond donors (Lipinski definition) is 2. The van der Waals surface area contributed by atoms with Gasteiger partial charge in [0.2, 0.25) is 0 Å². The number of para-hydroxylation sites is 1. The van der Waals surface area contributed by atoms with Gasteiger partial charge in [0.25, 0.3) is 0 Å². The molecule has 0 unspecified atom stereocenters. The molecule has 0 fully saturated rings. The average molecular weight is 326 g/mol. The first kappa shape index (κ1) is 16.0. The van der Waals surface area contributed by atoms with Crippen LogP contribution in [0.25, 0.3) is 0 Å². The molecule has 21 heavy (non-hydrogen) atoms. The van der Waals surface area contributed by atoms with Crippen molar-refractivity contribution in [2.75, 3.05) is 13.7 Å². The minimum absolute atomic E-state index is 0.178. The van der Waals surface area contributed by atoms with Crippen LogP contribution in [-0.2, 0) is 13.0 Å². The van der Waals surface area contributed by atoms with Gasteiger partial charge in [-0.3, -0.25) is 0 Å². The monoisotopic (exact) mass is 325 g/mol. The fraction of sp³-hybridized carbons (Fsp3) is 0.250. The second-order valence-electron chi connectivity index (χ2n) is 4.63. The molecule has 3 nitrogen and oxygen atoms in total. The number of ether oxygens (including phenoxy) is 1. The van der Waals surface area contributed by atoms with Crippen LogP contribution in [0.3, 0.4) is 0 Å². The first-order valence-corrected chi connectivity index (χ1v) is 7.37. The van der Waals surface area contributed by atoms with E-state index in [0.717, 1.165) is 24.1 Å². The van der Waals surface area contributed by atoms with Gasteiger partial charge in [-0.1, -0.05) is 41.4 Å². The number of phenolic OH excluding ortho intramolecular Hbond substituents is 1. The van der Waals surface area contributed by atoms with E-state index >= 15 is 0 Å². The van der Waals surface area contributed by atoms with Crippen LogP contribution >= 0.6 is 23.2 Å². The van der Waals surface area contributed by atoms with E-state index in [-0.39, 0.29) is 5.75 Å². The summed E-state index contributed by atoms with van der Waals surface area (Å²) in [6, 6.07) is 10.9. The number of halogens is 2. The van der Waals surface area contributed by atoms with Crippen LogP contribution in [0.15, 0.2) is 36.4 Å². The molecule has 0 aliphatic heterocycles. The van der Waals surface area contributed by atoms with E-state index in [4.69, 9.17) is 27.9 Å². The Labute approximate surface area is 134 Å². The van der Waals surface area contributed by atoms with Crippen molar-refractivity contribution in [2.24, 2.45) is 0 Å². The zero-order valence-electron chi connectivity index (χ0n) is 11.7. The third kappa shape index (κ3) is 4.27. The van der Waals surface area contributed by atoms with E-state index in [1.807, 2.05) is 24.3 Å². The lowest BCUT2D eigenvalue weighted by Gasteiger charge is -2.10. The molecule has 0 bridgehead atoms. The number of methoxy groups -OCH3 is 1. The fourth-order valence-corrected chi connectivity index (χ4v) is 2.55. The lowest BCUT2D eigenvalue weighted by atomic mass is 10.1. The maximum absolute atomic E-state index is 9.98. The van der Waals surface area contributed by atoms with Crippen molar-refractivity contribution >= 4 is 23.2 Å². The van der Waals surface area contributed by atoms with Crippen molar-refractivity contribution in [2.45, 2.75) is 13.0 Å². The standard InChI is InChI=1S/C16H17Cl2NO2/c1-21-15-4-2-3-12(16(15)20)10-19-8-7-11-5-6-13(17)9-14(11)18/h2-6,9,19-20H,7-8,10H2,1H3. The summed E-state index contributed by atoms with van der Waals surface area (Å²) in [7, 11) is 1.54. The number of hydrogen-bond acceptors (Lipinski definition) is 3. The molecular weight excluding hydrogens is 309 g/mol. The quantitative estimate of drug-likeness (QED) is 0.787. The highest BCUT2D eigenvalue weighted by atomic mass is 35.5. The van der Waals surface area contributed by atoms with Gasteiger partial charge in [0, 0.05) is 22.2 Å². The molecule has 2 rings (SSSR count). The minimum Gasteiger partial charge on any atom is -0.504 e. The molecule has 0 heterocycles. The maximum Gasteiger partial charge on any atom is 0.162 e. The number of aromatic hydroxyl groups is 1. The molecule has 2 N–H and O–H groups in total. The number of benzene rings is 2. The van der Waals surface area contributed by atoms with Gasteiger partial charge in [0.1, 0.15) is 0 Å². The summed E-state index contributed by atoms with van der Waals surface area (Å²) in [5, 5.41) is 14.6. The van der Waals surface area contributed by atoms with Crippen LogP contribution in [0, 0.1) is 0 Å². The van der Waals surface area contributed by atoms with E-state index < -0.39 is 0 Å². The topological polar surface area (TPSA) is 41.5 Å². The van der Waals surface area contributed by atoms with Crippen LogP contribution in [0.2, 0.25) is 10.0 Å². The molecule has 0 aliphatic rings. The number of rotatable bonds is 6. The first-order valence-electron chi connectivity index (χ1n) is 6.61. The van der Waals surface area contributed by atoms with Gasteiger partial charge < -0.3 is 15.2 Å². The molecule has 112 valence electrons. The first-order chi connectivity index (χ1) is 10.1. The highest BCUT2D eigenvalue weighted by molar-refractivity contribution is 6.35. The van der Waals surface area contributed by atoms with Crippen LogP contribution in [0.5, 0.6) is 11.5 Å².